The molecule has 1 aromatic heterocycles. The zero-order valence-electron chi connectivity index (χ0n) is 22.2. The quantitative estimate of drug-likeness (QED) is 0.511. The molecule has 1 fully saturated rings. The smallest absolute Gasteiger partial charge is 0.273 e. The molecule has 0 unspecified atom stereocenters. The Morgan fingerprint density at radius 1 is 1.18 bits per heavy atom. The molecule has 1 aliphatic carbocycles. The largest absolute Gasteiger partial charge is 0.385 e. The second-order valence-corrected chi connectivity index (χ2v) is 11.6. The number of nitrogens with zero attached hydrogens (tertiary/aromatic N) is 5. The number of nitriles is 1. The molecule has 0 radical (unpaired) electrons. The lowest BCUT2D eigenvalue weighted by molar-refractivity contribution is 0.0574. The summed E-state index contributed by atoms with van der Waals surface area (Å²) in [4.78, 5) is 31.1. The third kappa shape index (κ3) is 4.21. The van der Waals surface area contributed by atoms with E-state index in [-0.39, 0.29) is 42.0 Å². The van der Waals surface area contributed by atoms with Crippen LogP contribution in [0.1, 0.15) is 94.5 Å². The number of fused-ring (bicyclic) bond motifs is 3. The molecule has 9 heteroatoms. The van der Waals surface area contributed by atoms with Gasteiger partial charge >= 0.3 is 0 Å². The lowest BCUT2D eigenvalue weighted by Crippen LogP contribution is -2.45. The van der Waals surface area contributed by atoms with E-state index >= 15 is 0 Å². The molecule has 2 aromatic carbocycles. The number of rotatable bonds is 4. The van der Waals surface area contributed by atoms with Crippen LogP contribution in [0.5, 0.6) is 0 Å². The van der Waals surface area contributed by atoms with Gasteiger partial charge in [0.25, 0.3) is 11.8 Å². The van der Waals surface area contributed by atoms with E-state index < -0.39 is 5.60 Å². The highest BCUT2D eigenvalue weighted by atomic mass is 35.5. The second kappa shape index (κ2) is 9.22. The lowest BCUT2D eigenvalue weighted by atomic mass is 9.96. The van der Waals surface area contributed by atoms with Gasteiger partial charge in [0.15, 0.2) is 0 Å². The van der Waals surface area contributed by atoms with Crippen LogP contribution in [-0.2, 0) is 18.6 Å². The maximum atomic E-state index is 14.0. The summed E-state index contributed by atoms with van der Waals surface area (Å²) < 4.78 is 1.83. The molecule has 3 aliphatic rings. The van der Waals surface area contributed by atoms with Crippen molar-refractivity contribution in [2.24, 2.45) is 0 Å². The first-order valence-corrected chi connectivity index (χ1v) is 13.7. The van der Waals surface area contributed by atoms with Crippen molar-refractivity contribution in [1.82, 2.24) is 19.6 Å². The Morgan fingerprint density at radius 2 is 1.90 bits per heavy atom. The van der Waals surface area contributed by atoms with Gasteiger partial charge in [0.1, 0.15) is 11.8 Å². The molecule has 6 rings (SSSR count). The summed E-state index contributed by atoms with van der Waals surface area (Å²) in [7, 11) is 0. The molecule has 3 aromatic rings. The second-order valence-electron chi connectivity index (χ2n) is 11.1. The summed E-state index contributed by atoms with van der Waals surface area (Å²) in [5, 5.41) is 24.9. The summed E-state index contributed by atoms with van der Waals surface area (Å²) in [5.74, 6) is -0.306. The number of aromatic nitrogens is 2. The predicted molar refractivity (Wildman–Crippen MR) is 145 cm³/mol. The number of hydrogen-bond donors (Lipinski definition) is 1. The molecule has 3 atom stereocenters. The van der Waals surface area contributed by atoms with Crippen molar-refractivity contribution in [3.63, 3.8) is 0 Å². The molecule has 2 aliphatic heterocycles. The van der Waals surface area contributed by atoms with Crippen molar-refractivity contribution >= 4 is 23.4 Å². The zero-order valence-corrected chi connectivity index (χ0v) is 22.9. The van der Waals surface area contributed by atoms with Gasteiger partial charge in [-0.05, 0) is 62.9 Å². The SMILES string of the molecule is C[C@@H]1Cc2nn3c(c2CN1C(=O)c1ccc(Cl)c(C#N)c1)C(=O)N([C@@H](C)c1ccc(C2(O)CC2)cc1)C[C@H]3C. The van der Waals surface area contributed by atoms with E-state index in [4.69, 9.17) is 16.7 Å². The third-order valence-corrected chi connectivity index (χ3v) is 8.83. The number of amides is 2. The zero-order chi connectivity index (χ0) is 27.6. The predicted octanol–water partition coefficient (Wildman–Crippen LogP) is 4.75. The monoisotopic (exact) mass is 543 g/mol. The fourth-order valence-electron chi connectivity index (χ4n) is 5.86. The summed E-state index contributed by atoms with van der Waals surface area (Å²) in [5.41, 5.74) is 4.06. The average Bonchev–Trinajstić information content (AvgIpc) is 3.57. The van der Waals surface area contributed by atoms with E-state index in [0.29, 0.717) is 29.2 Å². The minimum atomic E-state index is -0.689. The molecule has 8 nitrogen and oxygen atoms in total. The van der Waals surface area contributed by atoms with Crippen LogP contribution in [0.15, 0.2) is 42.5 Å². The van der Waals surface area contributed by atoms with E-state index in [1.807, 2.05) is 53.8 Å². The van der Waals surface area contributed by atoms with Crippen LogP contribution in [0.3, 0.4) is 0 Å². The van der Waals surface area contributed by atoms with E-state index in [1.165, 1.54) is 6.07 Å². The normalized spacial score (nSPS) is 22.1. The van der Waals surface area contributed by atoms with Gasteiger partial charge in [0.05, 0.1) is 40.5 Å². The van der Waals surface area contributed by atoms with Crippen molar-refractivity contribution in [2.75, 3.05) is 6.54 Å². The molecule has 0 bridgehead atoms. The standard InChI is InChI=1S/C30H30ClN5O3/c1-17-12-26-24(16-34(17)28(37)21-6-9-25(31)22(13-21)14-32)27-29(38)35(15-18(2)36(27)33-26)19(3)20-4-7-23(8-5-20)30(39)10-11-30/h4-9,13,17-19,39H,10-12,15-16H2,1-3H3/t17-,18-,19+/m1/s1. The molecule has 1 saturated carbocycles. The molecule has 1 N–H and O–H groups in total. The van der Waals surface area contributed by atoms with Crippen LogP contribution >= 0.6 is 11.6 Å². The number of aliphatic hydroxyl groups is 1. The van der Waals surface area contributed by atoms with Crippen LogP contribution in [0, 0.1) is 11.3 Å². The van der Waals surface area contributed by atoms with E-state index in [0.717, 1.165) is 35.2 Å². The van der Waals surface area contributed by atoms with Gasteiger partial charge < -0.3 is 14.9 Å². The first kappa shape index (κ1) is 25.6. The third-order valence-electron chi connectivity index (χ3n) is 8.50. The van der Waals surface area contributed by atoms with E-state index in [9.17, 15) is 20.0 Å². The van der Waals surface area contributed by atoms with Crippen molar-refractivity contribution in [2.45, 2.75) is 70.3 Å². The summed E-state index contributed by atoms with van der Waals surface area (Å²) in [6, 6.07) is 14.4. The van der Waals surface area contributed by atoms with Gasteiger partial charge in [-0.1, -0.05) is 35.9 Å². The average molecular weight is 544 g/mol. The van der Waals surface area contributed by atoms with Gasteiger partial charge in [-0.3, -0.25) is 14.3 Å². The summed E-state index contributed by atoms with van der Waals surface area (Å²) >= 11 is 6.08. The molecule has 0 spiro atoms. The highest BCUT2D eigenvalue weighted by Crippen LogP contribution is 2.45. The summed E-state index contributed by atoms with van der Waals surface area (Å²) in [6.45, 7) is 6.85. The first-order chi connectivity index (χ1) is 18.6. The first-order valence-electron chi connectivity index (χ1n) is 13.4. The number of carbonyl (C=O) groups excluding carboxylic acids is 2. The Labute approximate surface area is 232 Å². The lowest BCUT2D eigenvalue weighted by Gasteiger charge is -2.37. The number of benzene rings is 2. The molecular weight excluding hydrogens is 514 g/mol. The fourth-order valence-corrected chi connectivity index (χ4v) is 6.02. The van der Waals surface area contributed by atoms with Crippen LogP contribution in [-0.4, -0.2) is 49.1 Å². The molecule has 2 amide bonds. The Morgan fingerprint density at radius 3 is 2.56 bits per heavy atom. The van der Waals surface area contributed by atoms with Crippen molar-refractivity contribution < 1.29 is 14.7 Å². The minimum absolute atomic E-state index is 0.0221. The van der Waals surface area contributed by atoms with Gasteiger partial charge in [-0.2, -0.15) is 10.4 Å². The number of carbonyl (C=O) groups is 2. The van der Waals surface area contributed by atoms with Gasteiger partial charge in [-0.25, -0.2) is 0 Å². The molecule has 3 heterocycles. The molecule has 200 valence electrons. The van der Waals surface area contributed by atoms with Crippen LogP contribution in [0.2, 0.25) is 5.02 Å². The van der Waals surface area contributed by atoms with Gasteiger partial charge in [0, 0.05) is 30.1 Å². The Balaban J connectivity index is 1.29. The van der Waals surface area contributed by atoms with Crippen LogP contribution in [0.4, 0.5) is 0 Å². The topological polar surface area (TPSA) is 102 Å². The van der Waals surface area contributed by atoms with Crippen LogP contribution in [0.25, 0.3) is 0 Å². The number of hydrogen-bond acceptors (Lipinski definition) is 5. The maximum absolute atomic E-state index is 14.0. The highest BCUT2D eigenvalue weighted by molar-refractivity contribution is 6.31. The van der Waals surface area contributed by atoms with Gasteiger partial charge in [0.2, 0.25) is 0 Å². The maximum Gasteiger partial charge on any atom is 0.273 e. The van der Waals surface area contributed by atoms with Crippen LogP contribution < -0.4 is 0 Å². The minimum Gasteiger partial charge on any atom is -0.385 e. The summed E-state index contributed by atoms with van der Waals surface area (Å²) in [6.07, 6.45) is 2.11. The number of halogens is 1. The van der Waals surface area contributed by atoms with Gasteiger partial charge in [-0.15, -0.1) is 0 Å². The molecular formula is C30H30ClN5O3. The Bertz CT molecular complexity index is 1540. The van der Waals surface area contributed by atoms with Crippen molar-refractivity contribution in [1.29, 1.82) is 5.26 Å². The molecule has 0 saturated heterocycles. The molecule has 39 heavy (non-hydrogen) atoms. The van der Waals surface area contributed by atoms with E-state index in [2.05, 4.69) is 6.92 Å². The fraction of sp³-hybridized carbons (Fsp3) is 0.400. The Hall–Kier alpha value is -3.67. The van der Waals surface area contributed by atoms with Crippen molar-refractivity contribution in [3.05, 3.63) is 86.7 Å². The van der Waals surface area contributed by atoms with E-state index in [1.54, 1.807) is 17.0 Å². The van der Waals surface area contributed by atoms with Crippen molar-refractivity contribution in [3.8, 4) is 6.07 Å². The highest BCUT2D eigenvalue weighted by Gasteiger charge is 2.43. The Kier molecular flexibility index (Phi) is 6.05.